The molecule has 0 bridgehead atoms. The molecule has 3 heterocycles. The van der Waals surface area contributed by atoms with E-state index < -0.39 is 0 Å². The van der Waals surface area contributed by atoms with Gasteiger partial charge in [-0.2, -0.15) is 5.26 Å². The van der Waals surface area contributed by atoms with E-state index in [4.69, 9.17) is 11.6 Å². The Hall–Kier alpha value is -1.61. The van der Waals surface area contributed by atoms with Gasteiger partial charge < -0.3 is 4.90 Å². The van der Waals surface area contributed by atoms with Crippen LogP contribution in [0, 0.1) is 25.2 Å². The van der Waals surface area contributed by atoms with E-state index in [1.54, 1.807) is 11.3 Å². The summed E-state index contributed by atoms with van der Waals surface area (Å²) in [5.74, 6) is 0.837. The van der Waals surface area contributed by atoms with Crippen LogP contribution in [0.1, 0.15) is 21.7 Å². The summed E-state index contributed by atoms with van der Waals surface area (Å²) in [7, 11) is 0. The topological polar surface area (TPSA) is 43.2 Å². The second-order valence-electron chi connectivity index (χ2n) is 5.86. The Kier molecular flexibility index (Phi) is 4.86. The molecule has 1 aliphatic heterocycles. The van der Waals surface area contributed by atoms with Gasteiger partial charge in [-0.1, -0.05) is 11.6 Å². The number of anilines is 1. The molecule has 0 N–H and O–H groups in total. The van der Waals surface area contributed by atoms with Gasteiger partial charge in [-0.3, -0.25) is 4.90 Å². The Labute approximate surface area is 145 Å². The number of pyridine rings is 1. The van der Waals surface area contributed by atoms with E-state index in [0.29, 0.717) is 5.56 Å². The van der Waals surface area contributed by atoms with E-state index in [2.05, 4.69) is 26.9 Å². The van der Waals surface area contributed by atoms with Crippen molar-refractivity contribution in [2.24, 2.45) is 0 Å². The Morgan fingerprint density at radius 1 is 1.26 bits per heavy atom. The van der Waals surface area contributed by atoms with Crippen LogP contribution in [0.4, 0.5) is 5.82 Å². The molecule has 0 aromatic carbocycles. The quantitative estimate of drug-likeness (QED) is 0.851. The van der Waals surface area contributed by atoms with Crippen molar-refractivity contribution < 1.29 is 0 Å². The molecule has 0 amide bonds. The molecule has 0 radical (unpaired) electrons. The van der Waals surface area contributed by atoms with Gasteiger partial charge in [-0.25, -0.2) is 4.98 Å². The average Bonchev–Trinajstić information content (AvgIpc) is 2.92. The van der Waals surface area contributed by atoms with Crippen molar-refractivity contribution in [2.45, 2.75) is 20.4 Å². The van der Waals surface area contributed by atoms with Crippen LogP contribution in [-0.4, -0.2) is 36.1 Å². The molecule has 0 atom stereocenters. The highest BCUT2D eigenvalue weighted by molar-refractivity contribution is 7.16. The van der Waals surface area contributed by atoms with Gasteiger partial charge in [0.05, 0.1) is 9.90 Å². The minimum absolute atomic E-state index is 0.703. The summed E-state index contributed by atoms with van der Waals surface area (Å²) in [4.78, 5) is 10.6. The van der Waals surface area contributed by atoms with Crippen molar-refractivity contribution in [3.8, 4) is 6.07 Å². The summed E-state index contributed by atoms with van der Waals surface area (Å²) < 4.78 is 0.844. The summed E-state index contributed by atoms with van der Waals surface area (Å²) in [6.45, 7) is 8.62. The lowest BCUT2D eigenvalue weighted by atomic mass is 10.1. The van der Waals surface area contributed by atoms with Gasteiger partial charge in [0.15, 0.2) is 0 Å². The van der Waals surface area contributed by atoms with Gasteiger partial charge in [0.2, 0.25) is 0 Å². The molecule has 0 aliphatic carbocycles. The largest absolute Gasteiger partial charge is 0.353 e. The molecule has 1 aliphatic rings. The van der Waals surface area contributed by atoms with Crippen LogP contribution in [0.3, 0.4) is 0 Å². The lowest BCUT2D eigenvalue weighted by Gasteiger charge is -2.35. The lowest BCUT2D eigenvalue weighted by molar-refractivity contribution is 0.251. The number of hydrogen-bond donors (Lipinski definition) is 0. The smallest absolute Gasteiger partial charge is 0.147 e. The molecular weight excluding hydrogens is 328 g/mol. The maximum atomic E-state index is 9.43. The second kappa shape index (κ2) is 6.88. The first kappa shape index (κ1) is 16.3. The summed E-state index contributed by atoms with van der Waals surface area (Å²) in [6.07, 6.45) is 0. The van der Waals surface area contributed by atoms with Gasteiger partial charge in [0, 0.05) is 43.3 Å². The molecule has 23 heavy (non-hydrogen) atoms. The van der Waals surface area contributed by atoms with Crippen molar-refractivity contribution >= 4 is 28.8 Å². The monoisotopic (exact) mass is 346 g/mol. The molecule has 6 heteroatoms. The van der Waals surface area contributed by atoms with Crippen molar-refractivity contribution in [3.63, 3.8) is 0 Å². The number of halogens is 1. The van der Waals surface area contributed by atoms with Crippen molar-refractivity contribution in [1.82, 2.24) is 9.88 Å². The Morgan fingerprint density at radius 3 is 2.61 bits per heavy atom. The van der Waals surface area contributed by atoms with E-state index in [1.165, 1.54) is 4.88 Å². The molecule has 0 unspecified atom stereocenters. The highest BCUT2D eigenvalue weighted by Gasteiger charge is 2.22. The van der Waals surface area contributed by atoms with Crippen LogP contribution in [0.15, 0.2) is 18.2 Å². The molecule has 3 rings (SSSR count). The summed E-state index contributed by atoms with van der Waals surface area (Å²) >= 11 is 7.64. The van der Waals surface area contributed by atoms with Gasteiger partial charge in [0.1, 0.15) is 11.9 Å². The van der Waals surface area contributed by atoms with E-state index in [9.17, 15) is 5.26 Å². The molecule has 4 nitrogen and oxygen atoms in total. The number of thiophene rings is 1. The normalized spacial score (nSPS) is 15.7. The number of hydrogen-bond acceptors (Lipinski definition) is 5. The number of piperazine rings is 1. The zero-order chi connectivity index (χ0) is 16.4. The minimum Gasteiger partial charge on any atom is -0.353 e. The molecule has 2 aromatic heterocycles. The highest BCUT2D eigenvalue weighted by atomic mass is 35.5. The zero-order valence-electron chi connectivity index (χ0n) is 13.3. The summed E-state index contributed by atoms with van der Waals surface area (Å²) in [5.41, 5.74) is 2.67. The maximum absolute atomic E-state index is 9.43. The zero-order valence-corrected chi connectivity index (χ0v) is 14.9. The second-order valence-corrected chi connectivity index (χ2v) is 7.66. The van der Waals surface area contributed by atoms with Crippen molar-refractivity contribution in [3.05, 3.63) is 44.2 Å². The number of aryl methyl sites for hydroxylation is 2. The summed E-state index contributed by atoms with van der Waals surface area (Å²) in [6, 6.07) is 8.33. The van der Waals surface area contributed by atoms with E-state index in [1.807, 2.05) is 26.0 Å². The lowest BCUT2D eigenvalue weighted by Crippen LogP contribution is -2.46. The number of nitriles is 1. The molecule has 0 saturated carbocycles. The van der Waals surface area contributed by atoms with Crippen molar-refractivity contribution in [2.75, 3.05) is 31.1 Å². The first-order valence-corrected chi connectivity index (χ1v) is 8.86. The molecule has 2 aromatic rings. The van der Waals surface area contributed by atoms with Gasteiger partial charge in [0.25, 0.3) is 0 Å². The predicted octanol–water partition coefficient (Wildman–Crippen LogP) is 3.61. The third kappa shape index (κ3) is 3.66. The standard InChI is InChI=1S/C17H19ClN4S/c1-12-9-13(2)20-17(15(12)10-19)22-7-5-21(6-8-22)11-14-3-4-16(18)23-14/h3-4,9H,5-8,11H2,1-2H3. The Balaban J connectivity index is 1.68. The fourth-order valence-corrected chi connectivity index (χ4v) is 4.09. The van der Waals surface area contributed by atoms with Gasteiger partial charge >= 0.3 is 0 Å². The first-order valence-electron chi connectivity index (χ1n) is 7.66. The van der Waals surface area contributed by atoms with Crippen LogP contribution < -0.4 is 4.90 Å². The Morgan fingerprint density at radius 2 is 2.00 bits per heavy atom. The fraction of sp³-hybridized carbons (Fsp3) is 0.412. The minimum atomic E-state index is 0.703. The predicted molar refractivity (Wildman–Crippen MR) is 95.2 cm³/mol. The first-order chi connectivity index (χ1) is 11.1. The molecular formula is C17H19ClN4S. The SMILES string of the molecule is Cc1cc(C)c(C#N)c(N2CCN(Cc3ccc(Cl)s3)CC2)n1. The average molecular weight is 347 g/mol. The van der Waals surface area contributed by atoms with E-state index in [0.717, 1.165) is 54.1 Å². The van der Waals surface area contributed by atoms with Crippen LogP contribution >= 0.6 is 22.9 Å². The van der Waals surface area contributed by atoms with Gasteiger partial charge in [-0.05, 0) is 37.6 Å². The van der Waals surface area contributed by atoms with Crippen LogP contribution in [-0.2, 0) is 6.54 Å². The summed E-state index contributed by atoms with van der Waals surface area (Å²) in [5, 5.41) is 9.43. The van der Waals surface area contributed by atoms with Crippen LogP contribution in [0.25, 0.3) is 0 Å². The third-order valence-corrected chi connectivity index (χ3v) is 5.33. The molecule has 1 fully saturated rings. The molecule has 1 saturated heterocycles. The van der Waals surface area contributed by atoms with Crippen LogP contribution in [0.2, 0.25) is 4.34 Å². The van der Waals surface area contributed by atoms with Crippen LogP contribution in [0.5, 0.6) is 0 Å². The highest BCUT2D eigenvalue weighted by Crippen LogP contribution is 2.25. The Bertz CT molecular complexity index is 742. The number of aromatic nitrogens is 1. The molecule has 0 spiro atoms. The van der Waals surface area contributed by atoms with Crippen molar-refractivity contribution in [1.29, 1.82) is 5.26 Å². The van der Waals surface area contributed by atoms with E-state index >= 15 is 0 Å². The number of rotatable bonds is 3. The maximum Gasteiger partial charge on any atom is 0.147 e. The van der Waals surface area contributed by atoms with Gasteiger partial charge in [-0.15, -0.1) is 11.3 Å². The van der Waals surface area contributed by atoms with E-state index in [-0.39, 0.29) is 0 Å². The fourth-order valence-electron chi connectivity index (χ4n) is 2.96. The third-order valence-electron chi connectivity index (χ3n) is 4.12. The number of nitrogens with zero attached hydrogens (tertiary/aromatic N) is 4. The molecule has 120 valence electrons.